The summed E-state index contributed by atoms with van der Waals surface area (Å²) in [4.78, 5) is 16.0. The molecular formula is C18H19N5O2S. The number of nitrogens with zero attached hydrogens (tertiary/aromatic N) is 4. The van der Waals surface area contributed by atoms with E-state index in [2.05, 4.69) is 20.5 Å². The maximum absolute atomic E-state index is 12.0. The van der Waals surface area contributed by atoms with Crippen LogP contribution in [0, 0.1) is 0 Å². The van der Waals surface area contributed by atoms with E-state index in [1.165, 1.54) is 11.8 Å². The fourth-order valence-electron chi connectivity index (χ4n) is 2.33. The Morgan fingerprint density at radius 2 is 1.92 bits per heavy atom. The van der Waals surface area contributed by atoms with Crippen LogP contribution in [0.5, 0.6) is 0 Å². The number of ether oxygens (including phenoxy) is 1. The molecule has 0 radical (unpaired) electrons. The Hall–Kier alpha value is -2.71. The van der Waals surface area contributed by atoms with E-state index in [1.807, 2.05) is 47.0 Å². The second-order valence-corrected chi connectivity index (χ2v) is 6.29. The Kier molecular flexibility index (Phi) is 6.34. The Morgan fingerprint density at radius 3 is 2.65 bits per heavy atom. The molecule has 3 aromatic rings. The van der Waals surface area contributed by atoms with Crippen molar-refractivity contribution in [1.29, 1.82) is 0 Å². The van der Waals surface area contributed by atoms with Crippen molar-refractivity contribution in [3.8, 4) is 17.1 Å². The number of aromatic nitrogens is 4. The lowest BCUT2D eigenvalue weighted by Crippen LogP contribution is -2.28. The molecule has 0 aliphatic heterocycles. The number of rotatable bonds is 8. The zero-order valence-corrected chi connectivity index (χ0v) is 15.1. The van der Waals surface area contributed by atoms with Crippen LogP contribution in [-0.4, -0.2) is 51.7 Å². The van der Waals surface area contributed by atoms with Gasteiger partial charge in [-0.15, -0.1) is 10.2 Å². The SMILES string of the molecule is COCCNC(=O)CSc1nnc(-c2ccncc2)n1-c1ccccc1. The van der Waals surface area contributed by atoms with Gasteiger partial charge in [0.15, 0.2) is 11.0 Å². The number of thioether (sulfide) groups is 1. The molecule has 0 aliphatic rings. The maximum atomic E-state index is 12.0. The molecule has 0 spiro atoms. The molecule has 2 heterocycles. The number of pyridine rings is 1. The van der Waals surface area contributed by atoms with Crippen LogP contribution >= 0.6 is 11.8 Å². The van der Waals surface area contributed by atoms with E-state index in [-0.39, 0.29) is 11.7 Å². The molecule has 0 atom stereocenters. The standard InChI is InChI=1S/C18H19N5O2S/c1-25-12-11-20-16(24)13-26-18-22-21-17(14-7-9-19-10-8-14)23(18)15-5-3-2-4-6-15/h2-10H,11-13H2,1H3,(H,20,24). The molecule has 1 aromatic carbocycles. The highest BCUT2D eigenvalue weighted by Crippen LogP contribution is 2.27. The number of hydrogen-bond acceptors (Lipinski definition) is 6. The van der Waals surface area contributed by atoms with Gasteiger partial charge in [-0.3, -0.25) is 14.3 Å². The lowest BCUT2D eigenvalue weighted by molar-refractivity contribution is -0.118. The van der Waals surface area contributed by atoms with Crippen molar-refractivity contribution in [2.24, 2.45) is 0 Å². The Bertz CT molecular complexity index is 839. The lowest BCUT2D eigenvalue weighted by Gasteiger charge is -2.10. The molecule has 0 aliphatic carbocycles. The zero-order valence-electron chi connectivity index (χ0n) is 14.3. The van der Waals surface area contributed by atoms with Crippen LogP contribution in [0.1, 0.15) is 0 Å². The number of carbonyl (C=O) groups excluding carboxylic acids is 1. The molecule has 0 unspecified atom stereocenters. The topological polar surface area (TPSA) is 81.9 Å². The summed E-state index contributed by atoms with van der Waals surface area (Å²) in [5.41, 5.74) is 1.85. The van der Waals surface area contributed by atoms with Gasteiger partial charge in [-0.05, 0) is 24.3 Å². The van der Waals surface area contributed by atoms with Gasteiger partial charge in [-0.1, -0.05) is 30.0 Å². The van der Waals surface area contributed by atoms with Gasteiger partial charge in [-0.25, -0.2) is 0 Å². The van der Waals surface area contributed by atoms with Crippen molar-refractivity contribution < 1.29 is 9.53 Å². The molecule has 2 aromatic heterocycles. The molecule has 3 rings (SSSR count). The lowest BCUT2D eigenvalue weighted by atomic mass is 10.2. The van der Waals surface area contributed by atoms with E-state index in [9.17, 15) is 4.79 Å². The van der Waals surface area contributed by atoms with Crippen LogP contribution in [-0.2, 0) is 9.53 Å². The van der Waals surface area contributed by atoms with Crippen LogP contribution in [0.4, 0.5) is 0 Å². The van der Waals surface area contributed by atoms with Crippen molar-refractivity contribution >= 4 is 17.7 Å². The molecule has 26 heavy (non-hydrogen) atoms. The first-order chi connectivity index (χ1) is 12.8. The van der Waals surface area contributed by atoms with Gasteiger partial charge in [0.05, 0.1) is 12.4 Å². The first-order valence-electron chi connectivity index (χ1n) is 8.09. The number of amides is 1. The Labute approximate surface area is 155 Å². The first kappa shape index (κ1) is 18.1. The Morgan fingerprint density at radius 1 is 1.15 bits per heavy atom. The minimum atomic E-state index is -0.0693. The van der Waals surface area contributed by atoms with Crippen molar-refractivity contribution in [2.45, 2.75) is 5.16 Å². The second kappa shape index (κ2) is 9.12. The van der Waals surface area contributed by atoms with Crippen molar-refractivity contribution in [2.75, 3.05) is 26.0 Å². The number of hydrogen-bond donors (Lipinski definition) is 1. The van der Waals surface area contributed by atoms with E-state index in [0.717, 1.165) is 11.3 Å². The molecule has 0 bridgehead atoms. The van der Waals surface area contributed by atoms with Crippen molar-refractivity contribution in [1.82, 2.24) is 25.1 Å². The number of benzene rings is 1. The fourth-order valence-corrected chi connectivity index (χ4v) is 3.12. The fraction of sp³-hybridized carbons (Fsp3) is 0.222. The van der Waals surface area contributed by atoms with Crippen LogP contribution in [0.15, 0.2) is 60.0 Å². The summed E-state index contributed by atoms with van der Waals surface area (Å²) >= 11 is 1.34. The average Bonchev–Trinajstić information content (AvgIpc) is 3.12. The molecule has 0 saturated carbocycles. The van der Waals surface area contributed by atoms with Crippen LogP contribution < -0.4 is 5.32 Å². The number of methoxy groups -OCH3 is 1. The number of para-hydroxylation sites is 1. The number of carbonyl (C=O) groups is 1. The quantitative estimate of drug-likeness (QED) is 0.484. The van der Waals surface area contributed by atoms with Crippen LogP contribution in [0.2, 0.25) is 0 Å². The molecule has 0 fully saturated rings. The molecule has 1 N–H and O–H groups in total. The van der Waals surface area contributed by atoms with E-state index in [1.54, 1.807) is 19.5 Å². The molecule has 1 amide bonds. The third-order valence-electron chi connectivity index (χ3n) is 3.55. The molecular weight excluding hydrogens is 350 g/mol. The average molecular weight is 369 g/mol. The van der Waals surface area contributed by atoms with Gasteiger partial charge >= 0.3 is 0 Å². The Balaban J connectivity index is 1.84. The van der Waals surface area contributed by atoms with Gasteiger partial charge in [0.1, 0.15) is 0 Å². The van der Waals surface area contributed by atoms with Gasteiger partial charge in [0.25, 0.3) is 0 Å². The predicted octanol–water partition coefficient (Wildman–Crippen LogP) is 2.18. The third kappa shape index (κ3) is 4.47. The summed E-state index contributed by atoms with van der Waals surface area (Å²) in [5.74, 6) is 0.895. The normalized spacial score (nSPS) is 10.7. The van der Waals surface area contributed by atoms with Gasteiger partial charge in [-0.2, -0.15) is 0 Å². The second-order valence-electron chi connectivity index (χ2n) is 5.34. The van der Waals surface area contributed by atoms with Gasteiger partial charge in [0, 0.05) is 37.3 Å². The predicted molar refractivity (Wildman–Crippen MR) is 100 cm³/mol. The summed E-state index contributed by atoms with van der Waals surface area (Å²) < 4.78 is 6.88. The smallest absolute Gasteiger partial charge is 0.230 e. The summed E-state index contributed by atoms with van der Waals surface area (Å²) in [7, 11) is 1.60. The summed E-state index contributed by atoms with van der Waals surface area (Å²) in [6.45, 7) is 0.979. The minimum absolute atomic E-state index is 0.0693. The van der Waals surface area contributed by atoms with E-state index < -0.39 is 0 Å². The first-order valence-corrected chi connectivity index (χ1v) is 9.08. The van der Waals surface area contributed by atoms with Crippen LogP contribution in [0.25, 0.3) is 17.1 Å². The van der Waals surface area contributed by atoms with Gasteiger partial charge in [0.2, 0.25) is 5.91 Å². The van der Waals surface area contributed by atoms with Crippen LogP contribution in [0.3, 0.4) is 0 Å². The molecule has 7 nitrogen and oxygen atoms in total. The molecule has 0 saturated heterocycles. The minimum Gasteiger partial charge on any atom is -0.383 e. The third-order valence-corrected chi connectivity index (χ3v) is 4.48. The highest BCUT2D eigenvalue weighted by Gasteiger charge is 2.17. The monoisotopic (exact) mass is 369 g/mol. The summed E-state index contributed by atoms with van der Waals surface area (Å²) in [6, 6.07) is 13.6. The number of nitrogens with one attached hydrogen (secondary N) is 1. The van der Waals surface area contributed by atoms with Crippen molar-refractivity contribution in [3.05, 3.63) is 54.9 Å². The highest BCUT2D eigenvalue weighted by molar-refractivity contribution is 7.99. The van der Waals surface area contributed by atoms with Gasteiger partial charge < -0.3 is 10.1 Å². The van der Waals surface area contributed by atoms with E-state index in [0.29, 0.717) is 24.1 Å². The summed E-state index contributed by atoms with van der Waals surface area (Å²) in [6.07, 6.45) is 3.44. The summed E-state index contributed by atoms with van der Waals surface area (Å²) in [5, 5.41) is 12.1. The highest BCUT2D eigenvalue weighted by atomic mass is 32.2. The van der Waals surface area contributed by atoms with E-state index >= 15 is 0 Å². The van der Waals surface area contributed by atoms with Crippen molar-refractivity contribution in [3.63, 3.8) is 0 Å². The maximum Gasteiger partial charge on any atom is 0.230 e. The zero-order chi connectivity index (χ0) is 18.2. The van der Waals surface area contributed by atoms with E-state index in [4.69, 9.17) is 4.74 Å². The molecule has 134 valence electrons. The largest absolute Gasteiger partial charge is 0.383 e. The molecule has 8 heteroatoms.